The normalized spacial score (nSPS) is 23.5. The van der Waals surface area contributed by atoms with Gasteiger partial charge in [0.2, 0.25) is 11.8 Å². The average Bonchev–Trinajstić information content (AvgIpc) is 3.53. The summed E-state index contributed by atoms with van der Waals surface area (Å²) in [5.41, 5.74) is 2.58. The van der Waals surface area contributed by atoms with Crippen LogP contribution >= 0.6 is 0 Å². The van der Waals surface area contributed by atoms with Crippen molar-refractivity contribution in [2.75, 3.05) is 23.4 Å². The monoisotopic (exact) mass is 502 g/mol. The summed E-state index contributed by atoms with van der Waals surface area (Å²) in [5.74, 6) is -2.44. The quantitative estimate of drug-likeness (QED) is 0.350. The molecule has 4 atom stereocenters. The van der Waals surface area contributed by atoms with E-state index >= 15 is 0 Å². The second-order valence-corrected chi connectivity index (χ2v) is 9.45. The van der Waals surface area contributed by atoms with Gasteiger partial charge in [-0.3, -0.25) is 19.3 Å². The van der Waals surface area contributed by atoms with E-state index in [-0.39, 0.29) is 47.7 Å². The lowest BCUT2D eigenvalue weighted by Crippen LogP contribution is -2.33. The van der Waals surface area contributed by atoms with Gasteiger partial charge in [-0.05, 0) is 80.6 Å². The van der Waals surface area contributed by atoms with Crippen molar-refractivity contribution in [2.45, 2.75) is 20.3 Å². The van der Waals surface area contributed by atoms with Gasteiger partial charge in [0, 0.05) is 5.69 Å². The number of carbonyl (C=O) groups is 5. The highest BCUT2D eigenvalue weighted by Crippen LogP contribution is 2.55. The van der Waals surface area contributed by atoms with Gasteiger partial charge >= 0.3 is 11.9 Å². The van der Waals surface area contributed by atoms with E-state index in [2.05, 4.69) is 11.4 Å². The van der Waals surface area contributed by atoms with E-state index in [0.717, 1.165) is 6.42 Å². The van der Waals surface area contributed by atoms with Crippen LogP contribution < -0.4 is 10.2 Å². The first kappa shape index (κ1) is 24.4. The van der Waals surface area contributed by atoms with Crippen LogP contribution in [0.1, 0.15) is 41.0 Å². The van der Waals surface area contributed by atoms with Gasteiger partial charge in [0.05, 0.1) is 35.3 Å². The highest BCUT2D eigenvalue weighted by Gasteiger charge is 2.60. The van der Waals surface area contributed by atoms with E-state index in [9.17, 15) is 24.0 Å². The largest absolute Gasteiger partial charge is 0.462 e. The van der Waals surface area contributed by atoms with Crippen LogP contribution in [0.25, 0.3) is 0 Å². The number of rotatable bonds is 7. The average molecular weight is 503 g/mol. The third-order valence-electron chi connectivity index (χ3n) is 7.26. The van der Waals surface area contributed by atoms with E-state index in [1.54, 1.807) is 31.2 Å². The van der Waals surface area contributed by atoms with Crippen molar-refractivity contribution >= 4 is 41.0 Å². The first-order valence-electron chi connectivity index (χ1n) is 12.2. The van der Waals surface area contributed by atoms with Crippen LogP contribution in [0.4, 0.5) is 11.4 Å². The minimum Gasteiger partial charge on any atom is -0.462 e. The topological polar surface area (TPSA) is 119 Å². The molecular weight excluding hydrogens is 476 g/mol. The maximum Gasteiger partial charge on any atom is 0.338 e. The minimum atomic E-state index is -0.715. The molecule has 1 N–H and O–H groups in total. The second kappa shape index (κ2) is 9.65. The van der Waals surface area contributed by atoms with Crippen LogP contribution in [-0.2, 0) is 23.9 Å². The molecule has 1 aliphatic heterocycles. The summed E-state index contributed by atoms with van der Waals surface area (Å²) in [7, 11) is 0. The molecule has 2 bridgehead atoms. The molecule has 1 heterocycles. The van der Waals surface area contributed by atoms with E-state index < -0.39 is 24.5 Å². The number of hydrogen-bond donors (Lipinski definition) is 1. The van der Waals surface area contributed by atoms with Crippen molar-refractivity contribution in [3.8, 4) is 0 Å². The number of ether oxygens (including phenoxy) is 2. The summed E-state index contributed by atoms with van der Waals surface area (Å²) < 4.78 is 10.0. The van der Waals surface area contributed by atoms with Crippen LogP contribution in [0.15, 0.2) is 60.2 Å². The number of benzene rings is 2. The fourth-order valence-corrected chi connectivity index (χ4v) is 5.59. The van der Waals surface area contributed by atoms with Crippen LogP contribution in [0.5, 0.6) is 0 Å². The van der Waals surface area contributed by atoms with Gasteiger partial charge in [-0.2, -0.15) is 0 Å². The number of imide groups is 1. The highest BCUT2D eigenvalue weighted by molar-refractivity contribution is 6.23. The molecule has 2 aromatic rings. The van der Waals surface area contributed by atoms with Gasteiger partial charge < -0.3 is 14.8 Å². The number of allylic oxidation sites excluding steroid dienone is 2. The Morgan fingerprint density at radius 3 is 2.14 bits per heavy atom. The standard InChI is InChI=1S/C28H26N2O7/c1-3-36-27(34)16-4-8-19(9-5-16)29-22(31)14-37-28(35)17-6-10-20(11-7-17)30-25(32)23-18-12-15(2)21(13-18)24(23)26(30)33/h4-12,18,21,23-24H,3,13-14H2,1-2H3,(H,29,31)/t18-,21+,23+,24+/m0/s1. The van der Waals surface area contributed by atoms with E-state index in [4.69, 9.17) is 9.47 Å². The zero-order valence-corrected chi connectivity index (χ0v) is 20.4. The summed E-state index contributed by atoms with van der Waals surface area (Å²) in [6.45, 7) is 3.48. The molecule has 0 unspecified atom stereocenters. The smallest absolute Gasteiger partial charge is 0.338 e. The number of esters is 2. The Morgan fingerprint density at radius 1 is 0.892 bits per heavy atom. The number of carbonyl (C=O) groups excluding carboxylic acids is 5. The van der Waals surface area contributed by atoms with Crippen molar-refractivity contribution in [2.24, 2.45) is 23.7 Å². The zero-order valence-electron chi connectivity index (χ0n) is 20.4. The molecule has 2 aromatic carbocycles. The summed E-state index contributed by atoms with van der Waals surface area (Å²) >= 11 is 0. The Bertz CT molecular complexity index is 1310. The molecule has 9 heteroatoms. The van der Waals surface area contributed by atoms with Crippen LogP contribution in [0, 0.1) is 23.7 Å². The van der Waals surface area contributed by atoms with Gasteiger partial charge in [0.15, 0.2) is 6.61 Å². The zero-order chi connectivity index (χ0) is 26.3. The molecule has 5 rings (SSSR count). The van der Waals surface area contributed by atoms with Crippen LogP contribution in [0.3, 0.4) is 0 Å². The lowest BCUT2D eigenvalue weighted by Gasteiger charge is -2.19. The predicted octanol–water partition coefficient (Wildman–Crippen LogP) is 3.36. The second-order valence-electron chi connectivity index (χ2n) is 9.45. The SMILES string of the molecule is CCOC(=O)c1ccc(NC(=O)COC(=O)c2ccc(N3C(=O)[C@H]4[C@H](C3=O)[C@H]3C=C(C)[C@H]4C3)cc2)cc1. The molecule has 1 saturated heterocycles. The molecule has 37 heavy (non-hydrogen) atoms. The number of hydrogen-bond acceptors (Lipinski definition) is 7. The fraction of sp³-hybridized carbons (Fsp3) is 0.321. The molecule has 0 radical (unpaired) electrons. The molecule has 2 fully saturated rings. The Balaban J connectivity index is 1.15. The number of fused-ring (bicyclic) bond motifs is 5. The van der Waals surface area contributed by atoms with Crippen molar-refractivity contribution < 1.29 is 33.4 Å². The van der Waals surface area contributed by atoms with Gasteiger partial charge in [-0.15, -0.1) is 0 Å². The summed E-state index contributed by atoms with van der Waals surface area (Å²) in [6.07, 6.45) is 2.98. The fourth-order valence-electron chi connectivity index (χ4n) is 5.59. The van der Waals surface area contributed by atoms with Gasteiger partial charge in [-0.1, -0.05) is 11.6 Å². The molecule has 3 aliphatic rings. The van der Waals surface area contributed by atoms with Gasteiger partial charge in [0.1, 0.15) is 0 Å². The first-order valence-corrected chi connectivity index (χ1v) is 12.2. The number of amides is 3. The third-order valence-corrected chi connectivity index (χ3v) is 7.26. The summed E-state index contributed by atoms with van der Waals surface area (Å²) in [6, 6.07) is 12.2. The maximum atomic E-state index is 13.1. The number of nitrogens with zero attached hydrogens (tertiary/aromatic N) is 1. The number of anilines is 2. The lowest BCUT2D eigenvalue weighted by molar-refractivity contribution is -0.123. The molecule has 1 saturated carbocycles. The number of nitrogens with one attached hydrogen (secondary N) is 1. The molecule has 9 nitrogen and oxygen atoms in total. The third kappa shape index (κ3) is 4.41. The molecule has 190 valence electrons. The van der Waals surface area contributed by atoms with E-state index in [1.807, 2.05) is 6.92 Å². The van der Waals surface area contributed by atoms with Gasteiger partial charge in [0.25, 0.3) is 5.91 Å². The summed E-state index contributed by atoms with van der Waals surface area (Å²) in [5, 5.41) is 2.58. The van der Waals surface area contributed by atoms with Gasteiger partial charge in [-0.25, -0.2) is 9.59 Å². The minimum absolute atomic E-state index is 0.118. The van der Waals surface area contributed by atoms with Crippen LogP contribution in [-0.4, -0.2) is 42.9 Å². The van der Waals surface area contributed by atoms with Crippen molar-refractivity contribution in [1.82, 2.24) is 0 Å². The Hall–Kier alpha value is -4.27. The predicted molar refractivity (Wildman–Crippen MR) is 133 cm³/mol. The summed E-state index contributed by atoms with van der Waals surface area (Å²) in [4.78, 5) is 63.7. The Labute approximate surface area is 213 Å². The Kier molecular flexibility index (Phi) is 6.37. The van der Waals surface area contributed by atoms with E-state index in [1.165, 1.54) is 34.7 Å². The van der Waals surface area contributed by atoms with E-state index in [0.29, 0.717) is 16.9 Å². The lowest BCUT2D eigenvalue weighted by atomic mass is 9.82. The molecular formula is C28H26N2O7. The van der Waals surface area contributed by atoms with Crippen molar-refractivity contribution in [1.29, 1.82) is 0 Å². The molecule has 0 spiro atoms. The first-order chi connectivity index (χ1) is 17.8. The molecule has 2 aliphatic carbocycles. The molecule has 0 aromatic heterocycles. The van der Waals surface area contributed by atoms with Crippen LogP contribution in [0.2, 0.25) is 0 Å². The van der Waals surface area contributed by atoms with Crippen molar-refractivity contribution in [3.05, 3.63) is 71.3 Å². The maximum absolute atomic E-state index is 13.1. The highest BCUT2D eigenvalue weighted by atomic mass is 16.5. The molecule has 3 amide bonds. The Morgan fingerprint density at radius 2 is 1.49 bits per heavy atom. The van der Waals surface area contributed by atoms with Crippen molar-refractivity contribution in [3.63, 3.8) is 0 Å².